The topological polar surface area (TPSA) is 52.7 Å². The fourth-order valence-electron chi connectivity index (χ4n) is 2.39. The lowest BCUT2D eigenvalue weighted by Gasteiger charge is -2.38. The molecule has 0 spiro atoms. The Morgan fingerprint density at radius 1 is 1.33 bits per heavy atom. The van der Waals surface area contributed by atoms with Crippen LogP contribution < -0.4 is 5.73 Å². The summed E-state index contributed by atoms with van der Waals surface area (Å²) in [5.41, 5.74) is 5.93. The minimum atomic E-state index is 0.248. The van der Waals surface area contributed by atoms with Crippen LogP contribution in [-0.4, -0.2) is 60.8 Å². The van der Waals surface area contributed by atoms with Crippen molar-refractivity contribution in [1.82, 2.24) is 9.80 Å². The molecule has 3 N–H and O–H groups in total. The summed E-state index contributed by atoms with van der Waals surface area (Å²) < 4.78 is 1.16. The number of nitrogens with two attached hydrogens (primary N) is 1. The second-order valence-electron chi connectivity index (χ2n) is 4.49. The first kappa shape index (κ1) is 14.4. The van der Waals surface area contributed by atoms with Crippen LogP contribution in [0.15, 0.2) is 15.9 Å². The molecule has 0 bridgehead atoms. The molecule has 0 amide bonds. The molecule has 0 aliphatic carbocycles. The summed E-state index contributed by atoms with van der Waals surface area (Å²) in [7, 11) is 0. The van der Waals surface area contributed by atoms with Gasteiger partial charge in [-0.1, -0.05) is 0 Å². The van der Waals surface area contributed by atoms with Gasteiger partial charge < -0.3 is 10.8 Å². The SMILES string of the molecule is NCC(c1ccc(Br)s1)N1CCN(CCO)CC1. The highest BCUT2D eigenvalue weighted by Gasteiger charge is 2.24. The highest BCUT2D eigenvalue weighted by molar-refractivity contribution is 9.11. The van der Waals surface area contributed by atoms with Gasteiger partial charge in [0.1, 0.15) is 0 Å². The summed E-state index contributed by atoms with van der Waals surface area (Å²) in [6.45, 7) is 5.78. The van der Waals surface area contributed by atoms with Gasteiger partial charge in [0, 0.05) is 44.1 Å². The average molecular weight is 334 g/mol. The van der Waals surface area contributed by atoms with Crippen LogP contribution in [0.5, 0.6) is 0 Å². The van der Waals surface area contributed by atoms with Crippen LogP contribution in [0.2, 0.25) is 0 Å². The zero-order valence-corrected chi connectivity index (χ0v) is 12.8. The van der Waals surface area contributed by atoms with Gasteiger partial charge in [0.2, 0.25) is 0 Å². The van der Waals surface area contributed by atoms with E-state index in [4.69, 9.17) is 10.8 Å². The number of halogens is 1. The average Bonchev–Trinajstić information content (AvgIpc) is 2.79. The van der Waals surface area contributed by atoms with Crippen LogP contribution in [0, 0.1) is 0 Å². The van der Waals surface area contributed by atoms with Gasteiger partial charge in [-0.3, -0.25) is 9.80 Å². The Labute approximate surface area is 121 Å². The van der Waals surface area contributed by atoms with E-state index in [1.165, 1.54) is 4.88 Å². The Morgan fingerprint density at radius 3 is 2.56 bits per heavy atom. The Kier molecular flexibility index (Phi) is 5.59. The van der Waals surface area contributed by atoms with Gasteiger partial charge in [-0.25, -0.2) is 0 Å². The second kappa shape index (κ2) is 6.98. The predicted molar refractivity (Wildman–Crippen MR) is 78.9 cm³/mol. The molecular weight excluding hydrogens is 314 g/mol. The summed E-state index contributed by atoms with van der Waals surface area (Å²) in [6, 6.07) is 4.58. The number of β-amino-alcohol motifs (C(OH)–C–C–N with tert-alkyl or cyclic N) is 1. The van der Waals surface area contributed by atoms with Crippen molar-refractivity contribution in [1.29, 1.82) is 0 Å². The maximum absolute atomic E-state index is 8.94. The number of nitrogens with zero attached hydrogens (tertiary/aromatic N) is 2. The van der Waals surface area contributed by atoms with Gasteiger partial charge in [0.25, 0.3) is 0 Å². The number of aliphatic hydroxyl groups excluding tert-OH is 1. The summed E-state index contributed by atoms with van der Waals surface area (Å²) in [6.07, 6.45) is 0. The molecule has 1 aliphatic rings. The molecule has 1 aliphatic heterocycles. The first-order valence-electron chi connectivity index (χ1n) is 6.27. The molecule has 1 aromatic heterocycles. The van der Waals surface area contributed by atoms with Crippen molar-refractivity contribution >= 4 is 27.3 Å². The van der Waals surface area contributed by atoms with E-state index in [9.17, 15) is 0 Å². The third-order valence-corrected chi connectivity index (χ3v) is 5.13. The van der Waals surface area contributed by atoms with Gasteiger partial charge in [0.15, 0.2) is 0 Å². The predicted octanol–water partition coefficient (Wildman–Crippen LogP) is 1.12. The molecule has 1 fully saturated rings. The van der Waals surface area contributed by atoms with Crippen LogP contribution >= 0.6 is 27.3 Å². The van der Waals surface area contributed by atoms with Gasteiger partial charge >= 0.3 is 0 Å². The van der Waals surface area contributed by atoms with Crippen LogP contribution in [0.1, 0.15) is 10.9 Å². The first-order chi connectivity index (χ1) is 8.74. The fourth-order valence-corrected chi connectivity index (χ4v) is 3.96. The third kappa shape index (κ3) is 3.53. The summed E-state index contributed by atoms with van der Waals surface area (Å²) in [4.78, 5) is 6.08. The zero-order valence-electron chi connectivity index (χ0n) is 10.4. The minimum Gasteiger partial charge on any atom is -0.395 e. The van der Waals surface area contributed by atoms with E-state index in [1.54, 1.807) is 11.3 Å². The molecule has 1 atom stereocenters. The molecule has 2 heterocycles. The molecule has 1 saturated heterocycles. The molecule has 0 aromatic carbocycles. The smallest absolute Gasteiger partial charge is 0.0702 e. The lowest BCUT2D eigenvalue weighted by molar-refractivity contribution is 0.0867. The first-order valence-corrected chi connectivity index (χ1v) is 7.88. The zero-order chi connectivity index (χ0) is 13.0. The summed E-state index contributed by atoms with van der Waals surface area (Å²) in [5, 5.41) is 8.94. The number of hydrogen-bond acceptors (Lipinski definition) is 5. The van der Waals surface area contributed by atoms with Crippen molar-refractivity contribution in [3.05, 3.63) is 20.8 Å². The number of aliphatic hydroxyl groups is 1. The van der Waals surface area contributed by atoms with Crippen molar-refractivity contribution in [3.8, 4) is 0 Å². The number of thiophene rings is 1. The van der Waals surface area contributed by atoms with E-state index in [-0.39, 0.29) is 6.61 Å². The van der Waals surface area contributed by atoms with E-state index in [2.05, 4.69) is 37.9 Å². The largest absolute Gasteiger partial charge is 0.395 e. The molecule has 0 saturated carbocycles. The van der Waals surface area contributed by atoms with Crippen molar-refractivity contribution in [3.63, 3.8) is 0 Å². The summed E-state index contributed by atoms with van der Waals surface area (Å²) >= 11 is 5.27. The molecule has 18 heavy (non-hydrogen) atoms. The highest BCUT2D eigenvalue weighted by atomic mass is 79.9. The molecule has 6 heteroatoms. The molecule has 2 rings (SSSR count). The quantitative estimate of drug-likeness (QED) is 0.847. The van der Waals surface area contributed by atoms with Crippen LogP contribution in [0.4, 0.5) is 0 Å². The maximum atomic E-state index is 8.94. The van der Waals surface area contributed by atoms with Gasteiger partial charge in [-0.05, 0) is 28.1 Å². The van der Waals surface area contributed by atoms with Crippen molar-refractivity contribution in [2.45, 2.75) is 6.04 Å². The molecule has 1 unspecified atom stereocenters. The fraction of sp³-hybridized carbons (Fsp3) is 0.667. The monoisotopic (exact) mass is 333 g/mol. The van der Waals surface area contributed by atoms with Gasteiger partial charge in [0.05, 0.1) is 16.4 Å². The van der Waals surface area contributed by atoms with E-state index < -0.39 is 0 Å². The normalized spacial score (nSPS) is 20.2. The van der Waals surface area contributed by atoms with Crippen molar-refractivity contribution in [2.75, 3.05) is 45.9 Å². The Balaban J connectivity index is 1.94. The minimum absolute atomic E-state index is 0.248. The lowest BCUT2D eigenvalue weighted by atomic mass is 10.1. The van der Waals surface area contributed by atoms with Crippen LogP contribution in [0.3, 0.4) is 0 Å². The second-order valence-corrected chi connectivity index (χ2v) is 6.99. The molecular formula is C12H20BrN3OS. The Hall–Kier alpha value is 0.0200. The van der Waals surface area contributed by atoms with Crippen LogP contribution in [0.25, 0.3) is 0 Å². The standard InChI is InChI=1S/C12H20BrN3OS/c13-12-2-1-11(18-12)10(9-14)16-5-3-15(4-6-16)7-8-17/h1-2,10,17H,3-9,14H2. The molecule has 4 nitrogen and oxygen atoms in total. The number of rotatable bonds is 5. The lowest BCUT2D eigenvalue weighted by Crippen LogP contribution is -2.49. The molecule has 1 aromatic rings. The van der Waals surface area contributed by atoms with E-state index in [0.29, 0.717) is 12.6 Å². The molecule has 102 valence electrons. The highest BCUT2D eigenvalue weighted by Crippen LogP contribution is 2.30. The number of piperazine rings is 1. The van der Waals surface area contributed by atoms with Crippen LogP contribution in [-0.2, 0) is 0 Å². The van der Waals surface area contributed by atoms with E-state index in [0.717, 1.165) is 36.5 Å². The van der Waals surface area contributed by atoms with Crippen molar-refractivity contribution in [2.24, 2.45) is 5.73 Å². The molecule has 0 radical (unpaired) electrons. The Bertz CT molecular complexity index is 366. The number of hydrogen-bond donors (Lipinski definition) is 2. The van der Waals surface area contributed by atoms with E-state index >= 15 is 0 Å². The van der Waals surface area contributed by atoms with Gasteiger partial charge in [-0.15, -0.1) is 11.3 Å². The Morgan fingerprint density at radius 2 is 2.06 bits per heavy atom. The maximum Gasteiger partial charge on any atom is 0.0702 e. The van der Waals surface area contributed by atoms with Gasteiger partial charge in [-0.2, -0.15) is 0 Å². The van der Waals surface area contributed by atoms with Crippen molar-refractivity contribution < 1.29 is 5.11 Å². The van der Waals surface area contributed by atoms with E-state index in [1.807, 2.05) is 0 Å². The third-order valence-electron chi connectivity index (χ3n) is 3.41. The summed E-state index contributed by atoms with van der Waals surface area (Å²) in [5.74, 6) is 0.